The standard InChI is InChI=1S/C12H23NO2/c1-4-9(2)5-12(15)13(3)8-10-6-11(14)7-10/h9-11,14H,4-8H2,1-3H3. The predicted molar refractivity (Wildman–Crippen MR) is 60.4 cm³/mol. The molecule has 1 aliphatic rings. The van der Waals surface area contributed by atoms with Gasteiger partial charge in [0.05, 0.1) is 6.10 Å². The van der Waals surface area contributed by atoms with Crippen LogP contribution < -0.4 is 0 Å². The van der Waals surface area contributed by atoms with Crippen molar-refractivity contribution < 1.29 is 9.90 Å². The zero-order valence-electron chi connectivity index (χ0n) is 10.1. The molecule has 3 heteroatoms. The Labute approximate surface area is 92.5 Å². The van der Waals surface area contributed by atoms with Crippen LogP contribution in [0.3, 0.4) is 0 Å². The summed E-state index contributed by atoms with van der Waals surface area (Å²) in [5.74, 6) is 1.24. The van der Waals surface area contributed by atoms with Gasteiger partial charge in [-0.2, -0.15) is 0 Å². The molecule has 1 rings (SSSR count). The van der Waals surface area contributed by atoms with Crippen molar-refractivity contribution in [2.75, 3.05) is 13.6 Å². The van der Waals surface area contributed by atoms with Crippen molar-refractivity contribution in [2.45, 2.75) is 45.6 Å². The Morgan fingerprint density at radius 1 is 1.53 bits per heavy atom. The average molecular weight is 213 g/mol. The van der Waals surface area contributed by atoms with E-state index >= 15 is 0 Å². The first-order chi connectivity index (χ1) is 7.02. The smallest absolute Gasteiger partial charge is 0.222 e. The van der Waals surface area contributed by atoms with Gasteiger partial charge in [0.25, 0.3) is 0 Å². The molecule has 1 fully saturated rings. The zero-order valence-corrected chi connectivity index (χ0v) is 10.1. The molecular weight excluding hydrogens is 190 g/mol. The summed E-state index contributed by atoms with van der Waals surface area (Å²) in [5, 5.41) is 9.15. The summed E-state index contributed by atoms with van der Waals surface area (Å²) in [6, 6.07) is 0. The number of carbonyl (C=O) groups is 1. The van der Waals surface area contributed by atoms with E-state index in [0.29, 0.717) is 18.3 Å². The van der Waals surface area contributed by atoms with Crippen molar-refractivity contribution in [2.24, 2.45) is 11.8 Å². The van der Waals surface area contributed by atoms with Crippen molar-refractivity contribution in [3.63, 3.8) is 0 Å². The molecule has 0 aromatic carbocycles. The number of amides is 1. The molecule has 1 N–H and O–H groups in total. The molecule has 0 aromatic rings. The average Bonchev–Trinajstić information content (AvgIpc) is 2.15. The molecule has 1 amide bonds. The maximum atomic E-state index is 11.7. The lowest BCUT2D eigenvalue weighted by Gasteiger charge is -2.34. The summed E-state index contributed by atoms with van der Waals surface area (Å²) in [6.45, 7) is 5.03. The van der Waals surface area contributed by atoms with E-state index in [1.807, 2.05) is 11.9 Å². The summed E-state index contributed by atoms with van der Waals surface area (Å²) in [6.07, 6.45) is 3.32. The highest BCUT2D eigenvalue weighted by Crippen LogP contribution is 2.27. The number of rotatable bonds is 5. The van der Waals surface area contributed by atoms with Gasteiger partial charge in [-0.15, -0.1) is 0 Å². The summed E-state index contributed by atoms with van der Waals surface area (Å²) in [4.78, 5) is 13.6. The quantitative estimate of drug-likeness (QED) is 0.754. The Kier molecular flexibility index (Phi) is 4.58. The van der Waals surface area contributed by atoms with Gasteiger partial charge in [-0.25, -0.2) is 0 Å². The van der Waals surface area contributed by atoms with Crippen molar-refractivity contribution in [3.8, 4) is 0 Å². The minimum Gasteiger partial charge on any atom is -0.393 e. The van der Waals surface area contributed by atoms with Crippen LogP contribution in [0, 0.1) is 11.8 Å². The van der Waals surface area contributed by atoms with E-state index in [-0.39, 0.29) is 12.0 Å². The lowest BCUT2D eigenvalue weighted by Crippen LogP contribution is -2.39. The lowest BCUT2D eigenvalue weighted by molar-refractivity contribution is -0.132. The molecule has 1 atom stereocenters. The maximum absolute atomic E-state index is 11.7. The van der Waals surface area contributed by atoms with E-state index in [1.54, 1.807) is 0 Å². The molecule has 0 aliphatic heterocycles. The zero-order chi connectivity index (χ0) is 11.4. The number of aliphatic hydroxyl groups excluding tert-OH is 1. The minimum absolute atomic E-state index is 0.118. The molecule has 0 saturated heterocycles. The van der Waals surface area contributed by atoms with Crippen LogP contribution in [-0.4, -0.2) is 35.6 Å². The van der Waals surface area contributed by atoms with E-state index < -0.39 is 0 Å². The van der Waals surface area contributed by atoms with Gasteiger partial charge < -0.3 is 10.0 Å². The molecule has 1 saturated carbocycles. The van der Waals surface area contributed by atoms with Crippen LogP contribution in [0.2, 0.25) is 0 Å². The summed E-state index contributed by atoms with van der Waals surface area (Å²) < 4.78 is 0. The topological polar surface area (TPSA) is 40.5 Å². The third-order valence-electron chi connectivity index (χ3n) is 3.39. The fraction of sp³-hybridized carbons (Fsp3) is 0.917. The molecule has 0 radical (unpaired) electrons. The molecule has 88 valence electrons. The van der Waals surface area contributed by atoms with E-state index in [1.165, 1.54) is 0 Å². The van der Waals surface area contributed by atoms with Crippen molar-refractivity contribution >= 4 is 5.91 Å². The molecule has 3 nitrogen and oxygen atoms in total. The number of carbonyl (C=O) groups excluding carboxylic acids is 1. The van der Waals surface area contributed by atoms with Crippen LogP contribution in [0.15, 0.2) is 0 Å². The first-order valence-corrected chi connectivity index (χ1v) is 5.95. The third kappa shape index (κ3) is 3.82. The Bertz CT molecular complexity index is 212. The van der Waals surface area contributed by atoms with Crippen molar-refractivity contribution in [3.05, 3.63) is 0 Å². The van der Waals surface area contributed by atoms with Gasteiger partial charge in [-0.05, 0) is 24.7 Å². The van der Waals surface area contributed by atoms with Crippen LogP contribution in [0.4, 0.5) is 0 Å². The monoisotopic (exact) mass is 213 g/mol. The third-order valence-corrected chi connectivity index (χ3v) is 3.39. The first kappa shape index (κ1) is 12.5. The minimum atomic E-state index is -0.118. The van der Waals surface area contributed by atoms with Gasteiger partial charge >= 0.3 is 0 Å². The van der Waals surface area contributed by atoms with Crippen LogP contribution in [0.25, 0.3) is 0 Å². The number of nitrogens with zero attached hydrogens (tertiary/aromatic N) is 1. The molecule has 0 spiro atoms. The molecule has 0 bridgehead atoms. The number of hydrogen-bond donors (Lipinski definition) is 1. The van der Waals surface area contributed by atoms with E-state index in [4.69, 9.17) is 5.11 Å². The fourth-order valence-electron chi connectivity index (χ4n) is 1.94. The highest BCUT2D eigenvalue weighted by molar-refractivity contribution is 5.76. The maximum Gasteiger partial charge on any atom is 0.222 e. The molecular formula is C12H23NO2. The second kappa shape index (κ2) is 5.50. The van der Waals surface area contributed by atoms with E-state index in [9.17, 15) is 4.79 Å². The Hall–Kier alpha value is -0.570. The molecule has 0 heterocycles. The largest absolute Gasteiger partial charge is 0.393 e. The summed E-state index contributed by atoms with van der Waals surface area (Å²) in [7, 11) is 1.87. The van der Waals surface area contributed by atoms with Crippen molar-refractivity contribution in [1.82, 2.24) is 4.90 Å². The van der Waals surface area contributed by atoms with Crippen LogP contribution in [-0.2, 0) is 4.79 Å². The second-order valence-corrected chi connectivity index (χ2v) is 4.98. The Morgan fingerprint density at radius 2 is 2.13 bits per heavy atom. The van der Waals surface area contributed by atoms with Gasteiger partial charge in [-0.1, -0.05) is 20.3 Å². The normalized spacial score (nSPS) is 26.9. The highest BCUT2D eigenvalue weighted by Gasteiger charge is 2.29. The Morgan fingerprint density at radius 3 is 2.60 bits per heavy atom. The lowest BCUT2D eigenvalue weighted by atomic mass is 9.82. The van der Waals surface area contributed by atoms with Gasteiger partial charge in [0.15, 0.2) is 0 Å². The number of hydrogen-bond acceptors (Lipinski definition) is 2. The predicted octanol–water partition coefficient (Wildman–Crippen LogP) is 1.65. The van der Waals surface area contributed by atoms with Gasteiger partial charge in [0, 0.05) is 20.0 Å². The Balaban J connectivity index is 2.21. The van der Waals surface area contributed by atoms with Crippen LogP contribution in [0.5, 0.6) is 0 Å². The van der Waals surface area contributed by atoms with E-state index in [2.05, 4.69) is 13.8 Å². The SMILES string of the molecule is CCC(C)CC(=O)N(C)CC1CC(O)C1. The highest BCUT2D eigenvalue weighted by atomic mass is 16.3. The van der Waals surface area contributed by atoms with Gasteiger partial charge in [-0.3, -0.25) is 4.79 Å². The first-order valence-electron chi connectivity index (χ1n) is 5.95. The van der Waals surface area contributed by atoms with Crippen LogP contribution in [0.1, 0.15) is 39.5 Å². The molecule has 1 unspecified atom stereocenters. The van der Waals surface area contributed by atoms with Gasteiger partial charge in [0.2, 0.25) is 5.91 Å². The number of aliphatic hydroxyl groups is 1. The second-order valence-electron chi connectivity index (χ2n) is 4.98. The molecule has 15 heavy (non-hydrogen) atoms. The van der Waals surface area contributed by atoms with Gasteiger partial charge in [0.1, 0.15) is 0 Å². The summed E-state index contributed by atoms with van der Waals surface area (Å²) in [5.41, 5.74) is 0. The van der Waals surface area contributed by atoms with E-state index in [0.717, 1.165) is 25.8 Å². The van der Waals surface area contributed by atoms with Crippen LogP contribution >= 0.6 is 0 Å². The van der Waals surface area contributed by atoms with Crippen molar-refractivity contribution in [1.29, 1.82) is 0 Å². The molecule has 1 aliphatic carbocycles. The molecule has 0 aromatic heterocycles. The fourth-order valence-corrected chi connectivity index (χ4v) is 1.94. The summed E-state index contributed by atoms with van der Waals surface area (Å²) >= 11 is 0.